The van der Waals surface area contributed by atoms with E-state index in [1.807, 2.05) is 38.1 Å². The van der Waals surface area contributed by atoms with E-state index in [0.717, 1.165) is 46.7 Å². The molecule has 0 spiro atoms. The number of aliphatic hydroxyl groups is 1. The summed E-state index contributed by atoms with van der Waals surface area (Å²) in [4.78, 5) is 22.9. The van der Waals surface area contributed by atoms with Crippen LogP contribution in [-0.2, 0) is 6.42 Å². The molecule has 0 aliphatic heterocycles. The number of anilines is 2. The van der Waals surface area contributed by atoms with Gasteiger partial charge in [-0.25, -0.2) is 24.9 Å². The van der Waals surface area contributed by atoms with Crippen LogP contribution in [-0.4, -0.2) is 49.3 Å². The molecule has 0 radical (unpaired) electrons. The highest BCUT2D eigenvalue weighted by Crippen LogP contribution is 2.36. The molecule has 3 heterocycles. The molecule has 3 aromatic heterocycles. The van der Waals surface area contributed by atoms with Crippen molar-refractivity contribution < 1.29 is 9.84 Å². The molecule has 1 aliphatic carbocycles. The predicted octanol–water partition coefficient (Wildman–Crippen LogP) is 3.94. The van der Waals surface area contributed by atoms with Gasteiger partial charge >= 0.3 is 0 Å². The predicted molar refractivity (Wildman–Crippen MR) is 136 cm³/mol. The van der Waals surface area contributed by atoms with Gasteiger partial charge in [0, 0.05) is 29.6 Å². The summed E-state index contributed by atoms with van der Waals surface area (Å²) < 4.78 is 5.72. The summed E-state index contributed by atoms with van der Waals surface area (Å²) in [5.41, 5.74) is 11.7. The fourth-order valence-electron chi connectivity index (χ4n) is 4.62. The van der Waals surface area contributed by atoms with Crippen LogP contribution in [0.25, 0.3) is 33.4 Å². The number of aromatic nitrogens is 5. The molecule has 0 amide bonds. The number of pyridine rings is 1. The molecule has 9 heteroatoms. The molecule has 0 saturated heterocycles. The number of nitrogens with zero attached hydrogens (tertiary/aromatic N) is 5. The Hall–Kier alpha value is -3.85. The fourth-order valence-corrected chi connectivity index (χ4v) is 4.62. The van der Waals surface area contributed by atoms with Crippen LogP contribution in [0.2, 0.25) is 0 Å². The minimum Gasteiger partial charge on any atom is -0.496 e. The topological polar surface area (TPSA) is 132 Å². The fraction of sp³-hybridized carbons (Fsp3) is 0.346. The molecular weight excluding hydrogens is 442 g/mol. The standard InChI is InChI=1S/C26H29N7O2/c1-4-20-26(31-16-6-7-17(34)12-16)33-23-19(13-29-25(27)24(23)32-20)15-5-8-18(22(11-15)35-3)21-9-10-28-14(2)30-21/h5,8-11,13,16-17,34H,4,6-7,12H2,1-3H3,(H2,27,29)(H,31,33)/t16-,17+/m1/s1. The van der Waals surface area contributed by atoms with Crippen LogP contribution in [0.1, 0.15) is 37.7 Å². The first-order valence-electron chi connectivity index (χ1n) is 11.8. The maximum atomic E-state index is 9.95. The van der Waals surface area contributed by atoms with Gasteiger partial charge in [-0.1, -0.05) is 13.0 Å². The molecule has 1 saturated carbocycles. The molecule has 1 aliphatic rings. The van der Waals surface area contributed by atoms with Crippen molar-refractivity contribution in [1.82, 2.24) is 24.9 Å². The minimum atomic E-state index is -0.272. The normalized spacial score (nSPS) is 17.6. The van der Waals surface area contributed by atoms with Gasteiger partial charge in [-0.2, -0.15) is 0 Å². The highest BCUT2D eigenvalue weighted by atomic mass is 16.5. The van der Waals surface area contributed by atoms with E-state index in [1.54, 1.807) is 19.5 Å². The summed E-state index contributed by atoms with van der Waals surface area (Å²) >= 11 is 0. The van der Waals surface area contributed by atoms with Gasteiger partial charge in [0.2, 0.25) is 0 Å². The number of fused-ring (bicyclic) bond motifs is 1. The molecule has 180 valence electrons. The third kappa shape index (κ3) is 4.46. The van der Waals surface area contributed by atoms with Crippen LogP contribution in [0.5, 0.6) is 5.75 Å². The number of nitrogens with two attached hydrogens (primary N) is 1. The Bertz CT molecular complexity index is 1390. The van der Waals surface area contributed by atoms with Crippen LogP contribution in [0.3, 0.4) is 0 Å². The van der Waals surface area contributed by atoms with E-state index >= 15 is 0 Å². The van der Waals surface area contributed by atoms with Crippen molar-refractivity contribution in [3.63, 3.8) is 0 Å². The number of methoxy groups -OCH3 is 1. The number of hydrogen-bond acceptors (Lipinski definition) is 9. The van der Waals surface area contributed by atoms with Crippen molar-refractivity contribution in [2.75, 3.05) is 18.2 Å². The quantitative estimate of drug-likeness (QED) is 0.382. The molecule has 1 fully saturated rings. The first kappa shape index (κ1) is 22.9. The number of ether oxygens (including phenoxy) is 1. The first-order valence-corrected chi connectivity index (χ1v) is 11.8. The first-order chi connectivity index (χ1) is 17.0. The summed E-state index contributed by atoms with van der Waals surface area (Å²) in [5.74, 6) is 2.45. The van der Waals surface area contributed by atoms with Crippen LogP contribution < -0.4 is 15.8 Å². The number of rotatable bonds is 6. The van der Waals surface area contributed by atoms with Crippen molar-refractivity contribution >= 4 is 22.7 Å². The Morgan fingerprint density at radius 1 is 1.09 bits per heavy atom. The highest BCUT2D eigenvalue weighted by molar-refractivity contribution is 5.97. The van der Waals surface area contributed by atoms with E-state index in [2.05, 4.69) is 20.3 Å². The number of benzene rings is 1. The largest absolute Gasteiger partial charge is 0.496 e. The average Bonchev–Trinajstić information content (AvgIpc) is 3.28. The van der Waals surface area contributed by atoms with Crippen LogP contribution in [0.15, 0.2) is 36.7 Å². The molecule has 2 atom stereocenters. The Morgan fingerprint density at radius 3 is 2.66 bits per heavy atom. The summed E-state index contributed by atoms with van der Waals surface area (Å²) in [5, 5.41) is 13.5. The van der Waals surface area contributed by atoms with E-state index in [4.69, 9.17) is 20.4 Å². The molecule has 0 unspecified atom stereocenters. The lowest BCUT2D eigenvalue weighted by Crippen LogP contribution is -2.19. The van der Waals surface area contributed by atoms with Crippen molar-refractivity contribution in [2.24, 2.45) is 0 Å². The second-order valence-electron chi connectivity index (χ2n) is 8.84. The Labute approximate surface area is 203 Å². The van der Waals surface area contributed by atoms with Gasteiger partial charge in [-0.3, -0.25) is 0 Å². The molecule has 1 aromatic carbocycles. The Balaban J connectivity index is 1.62. The van der Waals surface area contributed by atoms with Gasteiger partial charge in [0.05, 0.1) is 24.6 Å². The number of nitrogens with one attached hydrogen (secondary N) is 1. The van der Waals surface area contributed by atoms with Crippen molar-refractivity contribution in [3.8, 4) is 28.1 Å². The zero-order valence-corrected chi connectivity index (χ0v) is 20.1. The summed E-state index contributed by atoms with van der Waals surface area (Å²) in [6.45, 7) is 3.90. The molecule has 9 nitrogen and oxygen atoms in total. The van der Waals surface area contributed by atoms with E-state index in [-0.39, 0.29) is 12.1 Å². The zero-order valence-electron chi connectivity index (χ0n) is 20.1. The van der Waals surface area contributed by atoms with Crippen LogP contribution >= 0.6 is 0 Å². The van der Waals surface area contributed by atoms with Crippen LogP contribution in [0.4, 0.5) is 11.6 Å². The molecule has 0 bridgehead atoms. The number of hydrogen-bond donors (Lipinski definition) is 3. The molecule has 4 aromatic rings. The van der Waals surface area contributed by atoms with E-state index in [1.165, 1.54) is 0 Å². The Kier molecular flexibility index (Phi) is 6.17. The molecule has 5 rings (SSSR count). The third-order valence-electron chi connectivity index (χ3n) is 6.44. The van der Waals surface area contributed by atoms with E-state index in [0.29, 0.717) is 41.3 Å². The van der Waals surface area contributed by atoms with E-state index < -0.39 is 0 Å². The van der Waals surface area contributed by atoms with Gasteiger partial charge in [0.1, 0.15) is 28.4 Å². The number of aryl methyl sites for hydroxylation is 2. The summed E-state index contributed by atoms with van der Waals surface area (Å²) in [6, 6.07) is 7.96. The maximum Gasteiger partial charge on any atom is 0.151 e. The lowest BCUT2D eigenvalue weighted by Gasteiger charge is -2.17. The summed E-state index contributed by atoms with van der Waals surface area (Å²) in [7, 11) is 1.64. The van der Waals surface area contributed by atoms with Crippen molar-refractivity contribution in [3.05, 3.63) is 48.2 Å². The van der Waals surface area contributed by atoms with Crippen LogP contribution in [0, 0.1) is 6.92 Å². The SMILES string of the molecule is CCc1nc2c(N)ncc(-c3ccc(-c4ccnc(C)n4)c(OC)c3)c2nc1N[C@@H]1CC[C@H](O)C1. The second kappa shape index (κ2) is 9.42. The maximum absolute atomic E-state index is 9.95. The summed E-state index contributed by atoms with van der Waals surface area (Å²) in [6.07, 6.45) is 6.29. The minimum absolute atomic E-state index is 0.167. The Morgan fingerprint density at radius 2 is 1.94 bits per heavy atom. The van der Waals surface area contributed by atoms with Gasteiger partial charge in [0.25, 0.3) is 0 Å². The van der Waals surface area contributed by atoms with Crippen molar-refractivity contribution in [2.45, 2.75) is 51.7 Å². The molecular formula is C26H29N7O2. The molecule has 4 N–H and O–H groups in total. The number of aliphatic hydroxyl groups excluding tert-OH is 1. The van der Waals surface area contributed by atoms with Gasteiger partial charge in [0.15, 0.2) is 5.82 Å². The smallest absolute Gasteiger partial charge is 0.151 e. The lowest BCUT2D eigenvalue weighted by atomic mass is 10.0. The van der Waals surface area contributed by atoms with Gasteiger partial charge < -0.3 is 20.9 Å². The lowest BCUT2D eigenvalue weighted by molar-refractivity contribution is 0.182. The van der Waals surface area contributed by atoms with E-state index in [9.17, 15) is 5.11 Å². The van der Waals surface area contributed by atoms with Gasteiger partial charge in [-0.05, 0) is 56.4 Å². The third-order valence-corrected chi connectivity index (χ3v) is 6.44. The zero-order chi connectivity index (χ0) is 24.5. The highest BCUT2D eigenvalue weighted by Gasteiger charge is 2.24. The average molecular weight is 472 g/mol. The second-order valence-corrected chi connectivity index (χ2v) is 8.84. The van der Waals surface area contributed by atoms with Gasteiger partial charge in [-0.15, -0.1) is 0 Å². The van der Waals surface area contributed by atoms with Crippen molar-refractivity contribution in [1.29, 1.82) is 0 Å². The monoisotopic (exact) mass is 471 g/mol. The molecule has 35 heavy (non-hydrogen) atoms. The number of nitrogen functional groups attached to an aromatic ring is 1.